The molecule has 4 unspecified atom stereocenters. The minimum atomic E-state index is -4.96. The lowest BCUT2D eigenvalue weighted by molar-refractivity contribution is -0.161. The van der Waals surface area contributed by atoms with Crippen LogP contribution in [-0.2, 0) is 65.4 Å². The normalized spacial score (nSPS) is 14.6. The second kappa shape index (κ2) is 69.1. The number of hydrogen-bond acceptors (Lipinski definition) is 15. The van der Waals surface area contributed by atoms with Crippen LogP contribution in [0.1, 0.15) is 409 Å². The lowest BCUT2D eigenvalue weighted by Crippen LogP contribution is -2.30. The van der Waals surface area contributed by atoms with E-state index in [0.717, 1.165) is 114 Å². The molecule has 0 aliphatic carbocycles. The van der Waals surface area contributed by atoms with Gasteiger partial charge in [0, 0.05) is 25.7 Å². The molecule has 0 spiro atoms. The van der Waals surface area contributed by atoms with Crippen LogP contribution >= 0.6 is 15.6 Å². The molecule has 19 heteroatoms. The van der Waals surface area contributed by atoms with Gasteiger partial charge in [-0.1, -0.05) is 357 Å². The van der Waals surface area contributed by atoms with Crippen molar-refractivity contribution in [2.24, 2.45) is 23.7 Å². The number of phosphoric ester groups is 2. The molecule has 0 heterocycles. The summed E-state index contributed by atoms with van der Waals surface area (Å²) in [6, 6.07) is 0. The van der Waals surface area contributed by atoms with E-state index >= 15 is 0 Å². The molecule has 588 valence electrons. The molecule has 0 aromatic rings. The second-order valence-electron chi connectivity index (χ2n) is 30.2. The zero-order chi connectivity index (χ0) is 73.1. The Labute approximate surface area is 607 Å². The van der Waals surface area contributed by atoms with Crippen molar-refractivity contribution in [1.29, 1.82) is 0 Å². The van der Waals surface area contributed by atoms with Crippen molar-refractivity contribution in [3.8, 4) is 0 Å². The molecule has 0 radical (unpaired) electrons. The summed E-state index contributed by atoms with van der Waals surface area (Å²) >= 11 is 0. The fraction of sp³-hybridized carbons (Fsp3) is 0.950. The Morgan fingerprint density at radius 1 is 0.283 bits per heavy atom. The second-order valence-corrected chi connectivity index (χ2v) is 33.1. The molecule has 0 saturated carbocycles. The standard InChI is InChI=1S/C80H156O17P2/c1-9-72(7)58-50-42-33-27-21-17-14-15-19-23-30-36-46-54-62-79(84)97-76(67-91-78(83)61-53-45-39-38-41-49-57-71(5)6)69-95-99(88,89)93-65-74(81)64-92-98(86,87)94-68-75(96-80(85)63-55-47-37-31-25-24-28-34-43-51-59-73(8)10-2)66-90-77(82)60-52-44-35-29-22-18-13-11-12-16-20-26-32-40-48-56-70(3)4/h70-76,81H,9-69H2,1-8H3,(H,86,87)(H,88,89)/t72?,73?,74-,75-,76-/m1/s1. The predicted octanol–water partition coefficient (Wildman–Crippen LogP) is 23.6. The first-order valence-electron chi connectivity index (χ1n) is 41.3. The smallest absolute Gasteiger partial charge is 0.462 e. The first-order chi connectivity index (χ1) is 47.7. The molecule has 0 saturated heterocycles. The molecule has 7 atom stereocenters. The zero-order valence-electron chi connectivity index (χ0n) is 65.1. The Balaban J connectivity index is 5.22. The van der Waals surface area contributed by atoms with E-state index in [1.54, 1.807) is 0 Å². The Morgan fingerprint density at radius 3 is 0.717 bits per heavy atom. The van der Waals surface area contributed by atoms with Gasteiger partial charge in [-0.3, -0.25) is 37.3 Å². The Bertz CT molecular complexity index is 1940. The van der Waals surface area contributed by atoms with E-state index in [-0.39, 0.29) is 25.7 Å². The van der Waals surface area contributed by atoms with Gasteiger partial charge in [-0.15, -0.1) is 0 Å². The van der Waals surface area contributed by atoms with Gasteiger partial charge in [0.25, 0.3) is 0 Å². The summed E-state index contributed by atoms with van der Waals surface area (Å²) in [5.41, 5.74) is 0. The molecule has 17 nitrogen and oxygen atoms in total. The van der Waals surface area contributed by atoms with Crippen molar-refractivity contribution in [2.45, 2.75) is 427 Å². The first-order valence-corrected chi connectivity index (χ1v) is 44.3. The van der Waals surface area contributed by atoms with Crippen molar-refractivity contribution < 1.29 is 80.2 Å². The molecular formula is C80H156O17P2. The Morgan fingerprint density at radius 2 is 0.485 bits per heavy atom. The number of carbonyl (C=O) groups is 4. The molecular weight excluding hydrogens is 1290 g/mol. The molecule has 99 heavy (non-hydrogen) atoms. The van der Waals surface area contributed by atoms with Crippen molar-refractivity contribution in [2.75, 3.05) is 39.6 Å². The van der Waals surface area contributed by atoms with Gasteiger partial charge in [0.2, 0.25) is 0 Å². The van der Waals surface area contributed by atoms with Gasteiger partial charge in [-0.25, -0.2) is 9.13 Å². The highest BCUT2D eigenvalue weighted by Gasteiger charge is 2.30. The van der Waals surface area contributed by atoms with Crippen LogP contribution in [-0.4, -0.2) is 96.7 Å². The van der Waals surface area contributed by atoms with Crippen molar-refractivity contribution in [1.82, 2.24) is 0 Å². The Kier molecular flexibility index (Phi) is 67.8. The van der Waals surface area contributed by atoms with Crippen LogP contribution in [0, 0.1) is 23.7 Å². The van der Waals surface area contributed by atoms with Gasteiger partial charge in [0.05, 0.1) is 26.4 Å². The van der Waals surface area contributed by atoms with Gasteiger partial charge in [0.1, 0.15) is 19.3 Å². The number of carbonyl (C=O) groups excluding carboxylic acids is 4. The van der Waals surface area contributed by atoms with Crippen LogP contribution in [0.3, 0.4) is 0 Å². The zero-order valence-corrected chi connectivity index (χ0v) is 66.9. The summed E-state index contributed by atoms with van der Waals surface area (Å²) in [5, 5.41) is 10.6. The number of hydrogen-bond donors (Lipinski definition) is 3. The van der Waals surface area contributed by atoms with Gasteiger partial charge in [-0.2, -0.15) is 0 Å². The number of esters is 4. The summed E-state index contributed by atoms with van der Waals surface area (Å²) in [5.74, 6) is 1.02. The Hall–Kier alpha value is -1.94. The quantitative estimate of drug-likeness (QED) is 0.0222. The number of aliphatic hydroxyl groups excluding tert-OH is 1. The molecule has 0 bridgehead atoms. The fourth-order valence-electron chi connectivity index (χ4n) is 12.2. The van der Waals surface area contributed by atoms with E-state index in [2.05, 4.69) is 55.4 Å². The average Bonchev–Trinajstić information content (AvgIpc) is 0.980. The maximum absolute atomic E-state index is 13.1. The summed E-state index contributed by atoms with van der Waals surface area (Å²) in [6.45, 7) is 14.3. The number of phosphoric acid groups is 2. The lowest BCUT2D eigenvalue weighted by Gasteiger charge is -2.21. The van der Waals surface area contributed by atoms with E-state index in [9.17, 15) is 43.2 Å². The van der Waals surface area contributed by atoms with Crippen LogP contribution in [0.25, 0.3) is 0 Å². The third kappa shape index (κ3) is 71.5. The monoisotopic (exact) mass is 1450 g/mol. The molecule has 3 N–H and O–H groups in total. The maximum atomic E-state index is 13.1. The first kappa shape index (κ1) is 97.1. The minimum absolute atomic E-state index is 0.106. The number of rotatable bonds is 77. The summed E-state index contributed by atoms with van der Waals surface area (Å²) < 4.78 is 68.7. The molecule has 0 amide bonds. The van der Waals surface area contributed by atoms with Crippen molar-refractivity contribution in [3.05, 3.63) is 0 Å². The topological polar surface area (TPSA) is 237 Å². The van der Waals surface area contributed by atoms with E-state index < -0.39 is 97.5 Å². The van der Waals surface area contributed by atoms with Crippen molar-refractivity contribution in [3.63, 3.8) is 0 Å². The van der Waals surface area contributed by atoms with Crippen molar-refractivity contribution >= 4 is 39.5 Å². The van der Waals surface area contributed by atoms with E-state index in [0.29, 0.717) is 31.6 Å². The molecule has 0 aromatic carbocycles. The predicted molar refractivity (Wildman–Crippen MR) is 404 cm³/mol. The SMILES string of the molecule is CCC(C)CCCCCCCCCCCCCCCCC(=O)O[C@H](COC(=O)CCCCCCCCC(C)C)COP(=O)(O)OC[C@H](O)COP(=O)(O)OC[C@@H](COC(=O)CCCCCCCCCCCCCCCCCC(C)C)OC(=O)CCCCCCCCCCCCC(C)CC. The average molecular weight is 1450 g/mol. The van der Waals surface area contributed by atoms with Crippen LogP contribution in [0.15, 0.2) is 0 Å². The molecule has 0 rings (SSSR count). The van der Waals surface area contributed by atoms with Crippen LogP contribution in [0.5, 0.6) is 0 Å². The minimum Gasteiger partial charge on any atom is -0.462 e. The van der Waals surface area contributed by atoms with Crippen LogP contribution in [0.4, 0.5) is 0 Å². The summed E-state index contributed by atoms with van der Waals surface area (Å²) in [4.78, 5) is 73.0. The van der Waals surface area contributed by atoms with Gasteiger partial charge in [0.15, 0.2) is 12.2 Å². The number of aliphatic hydroxyl groups is 1. The number of unbranched alkanes of at least 4 members (excludes halogenated alkanes) is 41. The lowest BCUT2D eigenvalue weighted by atomic mass is 9.99. The third-order valence-corrected chi connectivity index (χ3v) is 21.2. The molecule has 0 aliphatic rings. The fourth-order valence-corrected chi connectivity index (χ4v) is 13.8. The van der Waals surface area contributed by atoms with Gasteiger partial charge in [-0.05, 0) is 49.4 Å². The largest absolute Gasteiger partial charge is 0.472 e. The van der Waals surface area contributed by atoms with Gasteiger partial charge >= 0.3 is 39.5 Å². The highest BCUT2D eigenvalue weighted by molar-refractivity contribution is 7.47. The molecule has 0 aliphatic heterocycles. The summed E-state index contributed by atoms with van der Waals surface area (Å²) in [7, 11) is -9.92. The summed E-state index contributed by atoms with van der Waals surface area (Å²) in [6.07, 6.45) is 55.5. The molecule has 0 aromatic heterocycles. The van der Waals surface area contributed by atoms with Gasteiger partial charge < -0.3 is 33.8 Å². The van der Waals surface area contributed by atoms with E-state index in [1.807, 2.05) is 0 Å². The van der Waals surface area contributed by atoms with Crippen LogP contribution in [0.2, 0.25) is 0 Å². The maximum Gasteiger partial charge on any atom is 0.472 e. The van der Waals surface area contributed by atoms with Crippen LogP contribution < -0.4 is 0 Å². The number of ether oxygens (including phenoxy) is 4. The third-order valence-electron chi connectivity index (χ3n) is 19.3. The highest BCUT2D eigenvalue weighted by Crippen LogP contribution is 2.45. The van der Waals surface area contributed by atoms with E-state index in [4.69, 9.17) is 37.0 Å². The van der Waals surface area contributed by atoms with E-state index in [1.165, 1.54) is 205 Å². The highest BCUT2D eigenvalue weighted by atomic mass is 31.2. The molecule has 0 fully saturated rings.